The minimum atomic E-state index is -0.393. The molecule has 1 aliphatic rings. The van der Waals surface area contributed by atoms with Crippen LogP contribution < -0.4 is 5.32 Å². The van der Waals surface area contributed by atoms with E-state index in [-0.39, 0.29) is 6.61 Å². The molecule has 2 heterocycles. The number of nitrogens with zero attached hydrogens (tertiary/aromatic N) is 1. The number of carbonyl (C=O) groups is 1. The van der Waals surface area contributed by atoms with Crippen LogP contribution in [-0.4, -0.2) is 16.4 Å². The molecule has 1 aliphatic heterocycles. The first-order valence-corrected chi connectivity index (χ1v) is 8.48. The average molecular weight is 342 g/mol. The highest BCUT2D eigenvalue weighted by molar-refractivity contribution is 5.84. The van der Waals surface area contributed by atoms with E-state index >= 15 is 0 Å². The summed E-state index contributed by atoms with van der Waals surface area (Å²) in [5.41, 5.74) is 6.37. The minimum Gasteiger partial charge on any atom is -0.392 e. The van der Waals surface area contributed by atoms with Gasteiger partial charge >= 0.3 is 0 Å². The van der Waals surface area contributed by atoms with E-state index in [9.17, 15) is 9.90 Å². The van der Waals surface area contributed by atoms with E-state index in [4.69, 9.17) is 4.98 Å². The van der Waals surface area contributed by atoms with Crippen LogP contribution in [0.2, 0.25) is 0 Å². The average Bonchev–Trinajstić information content (AvgIpc) is 2.73. The maximum absolute atomic E-state index is 11.4. The number of nitrogens with one attached hydrogen (secondary N) is 1. The number of aliphatic hydroxyl groups excluding tert-OH is 1. The van der Waals surface area contributed by atoms with Crippen LogP contribution in [0, 0.1) is 0 Å². The molecule has 4 nitrogen and oxygen atoms in total. The molecule has 0 aliphatic carbocycles. The molecule has 26 heavy (non-hydrogen) atoms. The third kappa shape index (κ3) is 2.91. The van der Waals surface area contributed by atoms with Gasteiger partial charge in [-0.3, -0.25) is 0 Å². The number of aliphatic hydroxyl groups is 1. The lowest BCUT2D eigenvalue weighted by molar-refractivity contribution is -0.109. The molecule has 0 fully saturated rings. The smallest absolute Gasteiger partial charge is 0.146 e. The van der Waals surface area contributed by atoms with E-state index in [0.717, 1.165) is 45.5 Å². The molecule has 1 atom stereocenters. The number of aromatic nitrogens is 1. The predicted octanol–water partition coefficient (Wildman–Crippen LogP) is 3.72. The Labute approximate surface area is 151 Å². The summed E-state index contributed by atoms with van der Waals surface area (Å²) in [6.07, 6.45) is 4.54. The van der Waals surface area contributed by atoms with Crippen LogP contribution in [0.15, 0.2) is 66.9 Å². The molecule has 1 unspecified atom stereocenters. The van der Waals surface area contributed by atoms with Gasteiger partial charge in [0.25, 0.3) is 0 Å². The van der Waals surface area contributed by atoms with Crippen LogP contribution in [0.1, 0.15) is 22.9 Å². The predicted molar refractivity (Wildman–Crippen MR) is 102 cm³/mol. The lowest BCUT2D eigenvalue weighted by Gasteiger charge is -2.21. The summed E-state index contributed by atoms with van der Waals surface area (Å²) < 4.78 is 0. The van der Waals surface area contributed by atoms with E-state index in [1.54, 1.807) is 6.20 Å². The number of rotatable bonds is 4. The topological polar surface area (TPSA) is 62.2 Å². The van der Waals surface area contributed by atoms with Gasteiger partial charge in [-0.05, 0) is 29.5 Å². The minimum absolute atomic E-state index is 0.0128. The molecule has 128 valence electrons. The maximum Gasteiger partial charge on any atom is 0.146 e. The Hall–Kier alpha value is -3.24. The second-order valence-electron chi connectivity index (χ2n) is 6.19. The fourth-order valence-corrected chi connectivity index (χ4v) is 3.18. The molecule has 2 aromatic carbocycles. The molecule has 0 radical (unpaired) electrons. The van der Waals surface area contributed by atoms with Crippen molar-refractivity contribution in [2.75, 3.05) is 0 Å². The summed E-state index contributed by atoms with van der Waals surface area (Å²) in [6.45, 7) is 0.0128. The molecule has 4 heteroatoms. The summed E-state index contributed by atoms with van der Waals surface area (Å²) in [5, 5.41) is 12.3. The number of hydrogen-bond acceptors (Lipinski definition) is 4. The molecule has 0 bridgehead atoms. The van der Waals surface area contributed by atoms with Crippen LogP contribution in [-0.2, 0) is 11.4 Å². The SMILES string of the molecule is O=CC1NC=Cc2nc(-c3ccc(CO)cc3)c(-c3ccccc3)cc21. The molecule has 2 N–H and O–H groups in total. The van der Waals surface area contributed by atoms with Gasteiger partial charge in [-0.2, -0.15) is 0 Å². The lowest BCUT2D eigenvalue weighted by atomic mass is 9.93. The van der Waals surface area contributed by atoms with Crippen molar-refractivity contribution in [3.8, 4) is 22.4 Å². The van der Waals surface area contributed by atoms with Crippen LogP contribution in [0.5, 0.6) is 0 Å². The van der Waals surface area contributed by atoms with Gasteiger partial charge in [-0.1, -0.05) is 54.6 Å². The summed E-state index contributed by atoms with van der Waals surface area (Å²) in [6, 6.07) is 19.4. The first-order chi connectivity index (χ1) is 12.8. The van der Waals surface area contributed by atoms with Crippen molar-refractivity contribution >= 4 is 12.4 Å². The Kier molecular flexibility index (Phi) is 4.33. The molecule has 1 aromatic heterocycles. The van der Waals surface area contributed by atoms with Crippen molar-refractivity contribution < 1.29 is 9.90 Å². The Morgan fingerprint density at radius 2 is 1.81 bits per heavy atom. The second-order valence-corrected chi connectivity index (χ2v) is 6.19. The number of aldehydes is 1. The van der Waals surface area contributed by atoms with Gasteiger partial charge in [0.1, 0.15) is 12.3 Å². The van der Waals surface area contributed by atoms with E-state index in [0.29, 0.717) is 0 Å². The third-order valence-corrected chi connectivity index (χ3v) is 4.57. The lowest BCUT2D eigenvalue weighted by Crippen LogP contribution is -2.21. The number of fused-ring (bicyclic) bond motifs is 1. The van der Waals surface area contributed by atoms with E-state index in [2.05, 4.69) is 5.32 Å². The van der Waals surface area contributed by atoms with Gasteiger partial charge in [0.2, 0.25) is 0 Å². The standard InChI is InChI=1S/C22H18N2O2/c25-13-15-6-8-17(9-7-15)22-18(16-4-2-1-3-5-16)12-19-20(24-22)10-11-23-21(19)14-26/h1-12,14,21,23,25H,13H2. The van der Waals surface area contributed by atoms with Crippen molar-refractivity contribution in [3.63, 3.8) is 0 Å². The van der Waals surface area contributed by atoms with Gasteiger partial charge in [-0.15, -0.1) is 0 Å². The Balaban J connectivity index is 1.94. The number of benzene rings is 2. The van der Waals surface area contributed by atoms with Gasteiger partial charge in [0.15, 0.2) is 0 Å². The fourth-order valence-electron chi connectivity index (χ4n) is 3.18. The van der Waals surface area contributed by atoms with E-state index < -0.39 is 6.04 Å². The van der Waals surface area contributed by atoms with Crippen molar-refractivity contribution in [2.24, 2.45) is 0 Å². The zero-order valence-electron chi connectivity index (χ0n) is 14.1. The third-order valence-electron chi connectivity index (χ3n) is 4.57. The number of pyridine rings is 1. The van der Waals surface area contributed by atoms with E-state index in [1.165, 1.54) is 0 Å². The Morgan fingerprint density at radius 3 is 2.50 bits per heavy atom. The van der Waals surface area contributed by atoms with Crippen molar-refractivity contribution in [2.45, 2.75) is 12.6 Å². The van der Waals surface area contributed by atoms with Gasteiger partial charge in [0, 0.05) is 16.7 Å². The molecule has 0 amide bonds. The molecule has 0 saturated heterocycles. The van der Waals surface area contributed by atoms with Crippen molar-refractivity contribution in [1.82, 2.24) is 10.3 Å². The zero-order valence-corrected chi connectivity index (χ0v) is 14.1. The first kappa shape index (κ1) is 16.2. The highest BCUT2D eigenvalue weighted by Crippen LogP contribution is 2.35. The molecule has 4 rings (SSSR count). The quantitative estimate of drug-likeness (QED) is 0.709. The normalized spacial score (nSPS) is 15.2. The fraction of sp³-hybridized carbons (Fsp3) is 0.0909. The molecular formula is C22H18N2O2. The van der Waals surface area contributed by atoms with Crippen LogP contribution in [0.3, 0.4) is 0 Å². The molecule has 0 spiro atoms. The zero-order chi connectivity index (χ0) is 17.9. The summed E-state index contributed by atoms with van der Waals surface area (Å²) >= 11 is 0. The summed E-state index contributed by atoms with van der Waals surface area (Å²) in [4.78, 5) is 16.3. The van der Waals surface area contributed by atoms with Gasteiger partial charge in [0.05, 0.1) is 18.0 Å². The highest BCUT2D eigenvalue weighted by Gasteiger charge is 2.21. The van der Waals surface area contributed by atoms with Gasteiger partial charge < -0.3 is 15.2 Å². The second kappa shape index (κ2) is 6.94. The van der Waals surface area contributed by atoms with Gasteiger partial charge in [-0.25, -0.2) is 4.98 Å². The van der Waals surface area contributed by atoms with Crippen LogP contribution in [0.25, 0.3) is 28.5 Å². The maximum atomic E-state index is 11.4. The molecule has 0 saturated carbocycles. The number of hydrogen-bond donors (Lipinski definition) is 2. The summed E-state index contributed by atoms with van der Waals surface area (Å²) in [7, 11) is 0. The van der Waals surface area contributed by atoms with Crippen LogP contribution in [0.4, 0.5) is 0 Å². The van der Waals surface area contributed by atoms with E-state index in [1.807, 2.05) is 66.7 Å². The molecule has 3 aromatic rings. The summed E-state index contributed by atoms with van der Waals surface area (Å²) in [5.74, 6) is 0. The number of carbonyl (C=O) groups excluding carboxylic acids is 1. The largest absolute Gasteiger partial charge is 0.392 e. The molecular weight excluding hydrogens is 324 g/mol. The highest BCUT2D eigenvalue weighted by atomic mass is 16.3. The Morgan fingerprint density at radius 1 is 1.04 bits per heavy atom. The van der Waals surface area contributed by atoms with Crippen LogP contribution >= 0.6 is 0 Å². The van der Waals surface area contributed by atoms with Crippen molar-refractivity contribution in [1.29, 1.82) is 0 Å². The monoisotopic (exact) mass is 342 g/mol. The van der Waals surface area contributed by atoms with Crippen molar-refractivity contribution in [3.05, 3.63) is 83.7 Å². The first-order valence-electron chi connectivity index (χ1n) is 8.48. The Bertz CT molecular complexity index is 963.